The number of methoxy groups -OCH3 is 1. The summed E-state index contributed by atoms with van der Waals surface area (Å²) in [5, 5.41) is 0.171. The van der Waals surface area contributed by atoms with Gasteiger partial charge in [0.25, 0.3) is 15.9 Å². The van der Waals surface area contributed by atoms with Crippen molar-refractivity contribution in [2.45, 2.75) is 4.90 Å². The van der Waals surface area contributed by atoms with Crippen molar-refractivity contribution in [3.63, 3.8) is 0 Å². The van der Waals surface area contributed by atoms with Crippen LogP contribution < -0.4 is 13.8 Å². The monoisotopic (exact) mass is 509 g/mol. The molecule has 9 heteroatoms. The van der Waals surface area contributed by atoms with Gasteiger partial charge in [-0.1, -0.05) is 45.7 Å². The maximum absolute atomic E-state index is 13.3. The van der Waals surface area contributed by atoms with Crippen LogP contribution in [0.4, 0.5) is 5.69 Å². The number of rotatable bonds is 7. The molecule has 3 aromatic rings. The Bertz CT molecular complexity index is 1140. The highest BCUT2D eigenvalue weighted by Gasteiger charge is 2.31. The number of halogens is 2. The Labute approximate surface area is 188 Å². The summed E-state index contributed by atoms with van der Waals surface area (Å²) in [6, 6.07) is 18.8. The third kappa shape index (κ3) is 4.95. The molecule has 0 aliphatic carbocycles. The third-order valence-corrected chi connectivity index (χ3v) is 6.64. The molecule has 156 valence electrons. The standard InChI is InChI=1S/C21H17BrClNO5S/c1-28-20-12-9-16(13-19(20)23)24(30(26,27)18-5-3-2-4-6-18)21(25)14-29-17-10-7-15(22)8-11-17/h2-13H,14H2,1H3. The second kappa shape index (κ2) is 9.51. The highest BCUT2D eigenvalue weighted by molar-refractivity contribution is 9.10. The molecule has 1 amide bonds. The number of sulfonamides is 1. The topological polar surface area (TPSA) is 72.9 Å². The fraction of sp³-hybridized carbons (Fsp3) is 0.0952. The van der Waals surface area contributed by atoms with Crippen molar-refractivity contribution in [2.24, 2.45) is 0 Å². The highest BCUT2D eigenvalue weighted by Crippen LogP contribution is 2.32. The number of anilines is 1. The van der Waals surface area contributed by atoms with Crippen LogP contribution >= 0.6 is 27.5 Å². The first kappa shape index (κ1) is 22.1. The zero-order valence-electron chi connectivity index (χ0n) is 15.8. The van der Waals surface area contributed by atoms with E-state index < -0.39 is 22.5 Å². The van der Waals surface area contributed by atoms with Crippen LogP contribution in [-0.4, -0.2) is 28.0 Å². The average Bonchev–Trinajstić information content (AvgIpc) is 2.74. The lowest BCUT2D eigenvalue weighted by Crippen LogP contribution is -2.40. The Balaban J connectivity index is 1.97. The molecule has 6 nitrogen and oxygen atoms in total. The number of hydrogen-bond donors (Lipinski definition) is 0. The van der Waals surface area contributed by atoms with Gasteiger partial charge in [-0.05, 0) is 54.6 Å². The summed E-state index contributed by atoms with van der Waals surface area (Å²) < 4.78 is 38.7. The molecule has 0 spiro atoms. The number of carbonyl (C=O) groups excluding carboxylic acids is 1. The summed E-state index contributed by atoms with van der Waals surface area (Å²) in [6.45, 7) is -0.489. The smallest absolute Gasteiger partial charge is 0.278 e. The molecular formula is C21H17BrClNO5S. The van der Waals surface area contributed by atoms with Gasteiger partial charge in [-0.2, -0.15) is 4.31 Å². The van der Waals surface area contributed by atoms with Gasteiger partial charge in [0.15, 0.2) is 6.61 Å². The number of hydrogen-bond acceptors (Lipinski definition) is 5. The van der Waals surface area contributed by atoms with Crippen molar-refractivity contribution in [3.8, 4) is 11.5 Å². The molecule has 0 saturated carbocycles. The van der Waals surface area contributed by atoms with Crippen molar-refractivity contribution in [1.29, 1.82) is 0 Å². The maximum Gasteiger partial charge on any atom is 0.278 e. The molecule has 0 heterocycles. The van der Waals surface area contributed by atoms with Crippen molar-refractivity contribution in [1.82, 2.24) is 0 Å². The second-order valence-electron chi connectivity index (χ2n) is 6.04. The van der Waals surface area contributed by atoms with Gasteiger partial charge in [-0.15, -0.1) is 0 Å². The molecule has 30 heavy (non-hydrogen) atoms. The normalized spacial score (nSPS) is 11.0. The van der Waals surface area contributed by atoms with E-state index in [-0.39, 0.29) is 15.6 Å². The molecule has 0 aliphatic heterocycles. The minimum Gasteiger partial charge on any atom is -0.495 e. The Morgan fingerprint density at radius 3 is 2.30 bits per heavy atom. The van der Waals surface area contributed by atoms with Gasteiger partial charge in [0.05, 0.1) is 22.7 Å². The van der Waals surface area contributed by atoms with Crippen LogP contribution in [0.5, 0.6) is 11.5 Å². The number of ether oxygens (including phenoxy) is 2. The predicted octanol–water partition coefficient (Wildman–Crippen LogP) is 4.91. The minimum atomic E-state index is -4.20. The van der Waals surface area contributed by atoms with E-state index in [1.54, 1.807) is 42.5 Å². The quantitative estimate of drug-likeness (QED) is 0.451. The van der Waals surface area contributed by atoms with Crippen LogP contribution in [0.3, 0.4) is 0 Å². The zero-order valence-corrected chi connectivity index (χ0v) is 18.9. The SMILES string of the molecule is COc1ccc(N(C(=O)COc2ccc(Br)cc2)S(=O)(=O)c2ccccc2)cc1Cl. The molecular weight excluding hydrogens is 494 g/mol. The van der Waals surface area contributed by atoms with Gasteiger partial charge < -0.3 is 9.47 Å². The van der Waals surface area contributed by atoms with E-state index in [1.165, 1.54) is 37.4 Å². The Kier molecular flexibility index (Phi) is 7.02. The molecule has 3 rings (SSSR count). The molecule has 0 aromatic heterocycles. The molecule has 0 N–H and O–H groups in total. The summed E-state index contributed by atoms with van der Waals surface area (Å²) in [5.41, 5.74) is 0.0778. The van der Waals surface area contributed by atoms with E-state index in [9.17, 15) is 13.2 Å². The molecule has 0 fully saturated rings. The molecule has 3 aromatic carbocycles. The molecule has 0 radical (unpaired) electrons. The Morgan fingerprint density at radius 2 is 1.70 bits per heavy atom. The van der Waals surface area contributed by atoms with Gasteiger partial charge in [0, 0.05) is 4.47 Å². The molecule has 0 atom stereocenters. The molecule has 0 bridgehead atoms. The lowest BCUT2D eigenvalue weighted by atomic mass is 10.3. The number of benzene rings is 3. The van der Waals surface area contributed by atoms with E-state index in [0.29, 0.717) is 15.8 Å². The Hall–Kier alpha value is -2.55. The maximum atomic E-state index is 13.3. The lowest BCUT2D eigenvalue weighted by molar-refractivity contribution is -0.119. The summed E-state index contributed by atoms with van der Waals surface area (Å²) in [7, 11) is -2.76. The van der Waals surface area contributed by atoms with Gasteiger partial charge in [0.1, 0.15) is 11.5 Å². The van der Waals surface area contributed by atoms with Crippen molar-refractivity contribution < 1.29 is 22.7 Å². The zero-order chi connectivity index (χ0) is 21.7. The van der Waals surface area contributed by atoms with Crippen molar-refractivity contribution in [3.05, 3.63) is 82.3 Å². The first-order valence-electron chi connectivity index (χ1n) is 8.68. The van der Waals surface area contributed by atoms with Crippen LogP contribution in [0.2, 0.25) is 5.02 Å². The van der Waals surface area contributed by atoms with Crippen LogP contribution in [-0.2, 0) is 14.8 Å². The molecule has 0 saturated heterocycles. The highest BCUT2D eigenvalue weighted by atomic mass is 79.9. The third-order valence-electron chi connectivity index (χ3n) is 4.05. The predicted molar refractivity (Wildman–Crippen MR) is 119 cm³/mol. The van der Waals surface area contributed by atoms with Crippen LogP contribution in [0.15, 0.2) is 82.2 Å². The van der Waals surface area contributed by atoms with Gasteiger partial charge in [0.2, 0.25) is 0 Å². The van der Waals surface area contributed by atoms with E-state index >= 15 is 0 Å². The number of nitrogens with zero attached hydrogens (tertiary/aromatic N) is 1. The van der Waals surface area contributed by atoms with Crippen LogP contribution in [0.1, 0.15) is 0 Å². The minimum absolute atomic E-state index is 0.0334. The fourth-order valence-electron chi connectivity index (χ4n) is 2.63. The first-order chi connectivity index (χ1) is 14.3. The van der Waals surface area contributed by atoms with Gasteiger partial charge in [-0.25, -0.2) is 8.42 Å². The lowest BCUT2D eigenvalue weighted by Gasteiger charge is -2.23. The number of carbonyl (C=O) groups is 1. The van der Waals surface area contributed by atoms with E-state index in [0.717, 1.165) is 4.47 Å². The van der Waals surface area contributed by atoms with Gasteiger partial charge >= 0.3 is 0 Å². The number of amides is 1. The molecule has 0 aliphatic rings. The summed E-state index contributed by atoms with van der Waals surface area (Å²) >= 11 is 9.49. The van der Waals surface area contributed by atoms with E-state index in [4.69, 9.17) is 21.1 Å². The average molecular weight is 511 g/mol. The summed E-state index contributed by atoms with van der Waals surface area (Å²) in [6.07, 6.45) is 0. The largest absolute Gasteiger partial charge is 0.495 e. The van der Waals surface area contributed by atoms with Crippen molar-refractivity contribution in [2.75, 3.05) is 18.0 Å². The first-order valence-corrected chi connectivity index (χ1v) is 11.3. The van der Waals surface area contributed by atoms with E-state index in [2.05, 4.69) is 15.9 Å². The van der Waals surface area contributed by atoms with E-state index in [1.807, 2.05) is 0 Å². The van der Waals surface area contributed by atoms with Crippen molar-refractivity contribution >= 4 is 49.1 Å². The van der Waals surface area contributed by atoms with Gasteiger partial charge in [-0.3, -0.25) is 4.79 Å². The fourth-order valence-corrected chi connectivity index (χ4v) is 4.57. The van der Waals surface area contributed by atoms with Crippen LogP contribution in [0, 0.1) is 0 Å². The molecule has 0 unspecified atom stereocenters. The summed E-state index contributed by atoms with van der Waals surface area (Å²) in [4.78, 5) is 13.0. The van der Waals surface area contributed by atoms with Crippen LogP contribution in [0.25, 0.3) is 0 Å². The summed E-state index contributed by atoms with van der Waals surface area (Å²) in [5.74, 6) is 0.00964. The second-order valence-corrected chi connectivity index (χ2v) is 9.15. The Morgan fingerprint density at radius 1 is 1.03 bits per heavy atom.